The van der Waals surface area contributed by atoms with E-state index in [1.807, 2.05) is 24.3 Å². The van der Waals surface area contributed by atoms with E-state index in [1.54, 1.807) is 6.20 Å². The molecule has 0 saturated heterocycles. The summed E-state index contributed by atoms with van der Waals surface area (Å²) >= 11 is 6.23. The molecule has 3 rings (SSSR count). The van der Waals surface area contributed by atoms with Crippen LogP contribution in [0.4, 0.5) is 0 Å². The number of halogens is 1. The van der Waals surface area contributed by atoms with E-state index in [9.17, 15) is 0 Å². The third kappa shape index (κ3) is 2.16. The molecule has 0 bridgehead atoms. The number of benzene rings is 1. The zero-order chi connectivity index (χ0) is 14.1. The zero-order valence-corrected chi connectivity index (χ0v) is 11.9. The molecule has 2 aromatic rings. The van der Waals surface area contributed by atoms with Crippen LogP contribution >= 0.6 is 11.6 Å². The van der Waals surface area contributed by atoms with Crippen LogP contribution in [0.3, 0.4) is 0 Å². The molecule has 4 nitrogen and oxygen atoms in total. The Bertz CT molecular complexity index is 721. The van der Waals surface area contributed by atoms with Crippen molar-refractivity contribution in [2.45, 2.75) is 19.8 Å². The fourth-order valence-corrected chi connectivity index (χ4v) is 2.76. The van der Waals surface area contributed by atoms with Gasteiger partial charge < -0.3 is 5.73 Å². The molecule has 1 atom stereocenters. The van der Waals surface area contributed by atoms with E-state index >= 15 is 0 Å². The number of fused-ring (bicyclic) bond motifs is 1. The highest BCUT2D eigenvalue weighted by Crippen LogP contribution is 2.29. The van der Waals surface area contributed by atoms with Crippen LogP contribution in [0.2, 0.25) is 5.02 Å². The second kappa shape index (κ2) is 5.21. The van der Waals surface area contributed by atoms with Crippen LogP contribution < -0.4 is 5.73 Å². The largest absolute Gasteiger partial charge is 0.386 e. The van der Waals surface area contributed by atoms with Gasteiger partial charge in [-0.2, -0.15) is 5.10 Å². The monoisotopic (exact) mass is 286 g/mol. The van der Waals surface area contributed by atoms with Gasteiger partial charge in [-0.3, -0.25) is 4.98 Å². The summed E-state index contributed by atoms with van der Waals surface area (Å²) in [4.78, 5) is 4.46. The minimum Gasteiger partial charge on any atom is -0.386 e. The SMILES string of the molecule is CCC1CC(N)=NN=C1c1ccc(Cl)c2cccnc12. The number of pyridine rings is 1. The Kier molecular flexibility index (Phi) is 3.40. The number of hydrogen-bond donors (Lipinski definition) is 1. The average molecular weight is 287 g/mol. The summed E-state index contributed by atoms with van der Waals surface area (Å²) < 4.78 is 0. The first-order valence-electron chi connectivity index (χ1n) is 6.64. The first-order valence-corrected chi connectivity index (χ1v) is 7.02. The van der Waals surface area contributed by atoms with Gasteiger partial charge in [0.2, 0.25) is 0 Å². The molecule has 1 aliphatic rings. The van der Waals surface area contributed by atoms with E-state index < -0.39 is 0 Å². The Labute approximate surface area is 122 Å². The molecule has 2 N–H and O–H groups in total. The summed E-state index contributed by atoms with van der Waals surface area (Å²) in [6.45, 7) is 2.13. The van der Waals surface area contributed by atoms with Crippen molar-refractivity contribution >= 4 is 34.1 Å². The topological polar surface area (TPSA) is 63.6 Å². The fourth-order valence-electron chi connectivity index (χ4n) is 2.55. The lowest BCUT2D eigenvalue weighted by molar-refractivity contribution is 0.677. The number of aromatic nitrogens is 1. The van der Waals surface area contributed by atoms with Crippen molar-refractivity contribution in [2.24, 2.45) is 21.9 Å². The molecule has 0 radical (unpaired) electrons. The Morgan fingerprint density at radius 1 is 1.30 bits per heavy atom. The molecule has 1 unspecified atom stereocenters. The highest BCUT2D eigenvalue weighted by molar-refractivity contribution is 6.36. The normalized spacial score (nSPS) is 18.8. The van der Waals surface area contributed by atoms with Gasteiger partial charge >= 0.3 is 0 Å². The van der Waals surface area contributed by atoms with Crippen molar-refractivity contribution in [1.29, 1.82) is 0 Å². The number of hydrogen-bond acceptors (Lipinski definition) is 4. The van der Waals surface area contributed by atoms with E-state index in [1.165, 1.54) is 0 Å². The van der Waals surface area contributed by atoms with Crippen molar-refractivity contribution in [3.8, 4) is 0 Å². The fraction of sp³-hybridized carbons (Fsp3) is 0.267. The lowest BCUT2D eigenvalue weighted by Gasteiger charge is -2.20. The van der Waals surface area contributed by atoms with Crippen LogP contribution in [0.25, 0.3) is 10.9 Å². The number of nitrogens with two attached hydrogens (primary N) is 1. The van der Waals surface area contributed by atoms with Gasteiger partial charge in [0, 0.05) is 29.5 Å². The van der Waals surface area contributed by atoms with E-state index in [-0.39, 0.29) is 5.92 Å². The summed E-state index contributed by atoms with van der Waals surface area (Å²) in [5.41, 5.74) is 8.59. The first kappa shape index (κ1) is 13.1. The van der Waals surface area contributed by atoms with E-state index in [4.69, 9.17) is 17.3 Å². The highest BCUT2D eigenvalue weighted by Gasteiger charge is 2.23. The standard InChI is InChI=1S/C15H15ClN4/c1-2-9-8-13(17)19-20-14(9)11-5-6-12(16)10-4-3-7-18-15(10)11/h3-7,9H,2,8H2,1H3,(H2,17,19). The third-order valence-electron chi connectivity index (χ3n) is 3.61. The third-order valence-corrected chi connectivity index (χ3v) is 3.94. The van der Waals surface area contributed by atoms with Gasteiger partial charge in [0.1, 0.15) is 5.84 Å². The van der Waals surface area contributed by atoms with Crippen LogP contribution in [0.1, 0.15) is 25.3 Å². The van der Waals surface area contributed by atoms with Gasteiger partial charge in [-0.1, -0.05) is 18.5 Å². The molecule has 0 fully saturated rings. The Morgan fingerprint density at radius 2 is 2.15 bits per heavy atom. The van der Waals surface area contributed by atoms with Crippen LogP contribution in [0.5, 0.6) is 0 Å². The molecule has 5 heteroatoms. The van der Waals surface area contributed by atoms with Crippen LogP contribution in [-0.2, 0) is 0 Å². The second-order valence-electron chi connectivity index (χ2n) is 4.88. The molecule has 2 heterocycles. The molecule has 1 aromatic carbocycles. The molecule has 20 heavy (non-hydrogen) atoms. The van der Waals surface area contributed by atoms with E-state index in [0.29, 0.717) is 10.9 Å². The second-order valence-corrected chi connectivity index (χ2v) is 5.29. The maximum atomic E-state index is 6.23. The van der Waals surface area contributed by atoms with Crippen LogP contribution in [0, 0.1) is 5.92 Å². The maximum absolute atomic E-state index is 6.23. The maximum Gasteiger partial charge on any atom is 0.123 e. The molecular formula is C15H15ClN4. The van der Waals surface area contributed by atoms with Crippen molar-refractivity contribution in [2.75, 3.05) is 0 Å². The minimum atomic E-state index is 0.277. The minimum absolute atomic E-state index is 0.277. The molecule has 0 saturated carbocycles. The van der Waals surface area contributed by atoms with Gasteiger partial charge in [-0.05, 0) is 30.7 Å². The van der Waals surface area contributed by atoms with Crippen molar-refractivity contribution < 1.29 is 0 Å². The number of amidine groups is 1. The highest BCUT2D eigenvalue weighted by atomic mass is 35.5. The summed E-state index contributed by atoms with van der Waals surface area (Å²) in [5, 5.41) is 9.98. The predicted molar refractivity (Wildman–Crippen MR) is 83.3 cm³/mol. The molecule has 0 aliphatic carbocycles. The molecular weight excluding hydrogens is 272 g/mol. The molecule has 1 aliphatic heterocycles. The lowest BCUT2D eigenvalue weighted by atomic mass is 9.89. The first-order chi connectivity index (χ1) is 9.70. The summed E-state index contributed by atoms with van der Waals surface area (Å²) in [6, 6.07) is 7.71. The van der Waals surface area contributed by atoms with Crippen molar-refractivity contribution in [3.63, 3.8) is 0 Å². The van der Waals surface area contributed by atoms with E-state index in [2.05, 4.69) is 22.1 Å². The van der Waals surface area contributed by atoms with Gasteiger partial charge in [0.05, 0.1) is 16.3 Å². The Balaban J connectivity index is 2.22. The smallest absolute Gasteiger partial charge is 0.123 e. The summed E-state index contributed by atoms with van der Waals surface area (Å²) in [7, 11) is 0. The zero-order valence-electron chi connectivity index (χ0n) is 11.2. The summed E-state index contributed by atoms with van der Waals surface area (Å²) in [6.07, 6.45) is 3.47. The van der Waals surface area contributed by atoms with Crippen molar-refractivity contribution in [1.82, 2.24) is 4.98 Å². The molecule has 0 spiro atoms. The molecule has 1 aromatic heterocycles. The van der Waals surface area contributed by atoms with Crippen LogP contribution in [-0.4, -0.2) is 16.5 Å². The van der Waals surface area contributed by atoms with Gasteiger partial charge in [0.15, 0.2) is 0 Å². The Hall–Kier alpha value is -1.94. The van der Waals surface area contributed by atoms with Gasteiger partial charge in [0.25, 0.3) is 0 Å². The molecule has 102 valence electrons. The number of nitrogens with zero attached hydrogens (tertiary/aromatic N) is 3. The lowest BCUT2D eigenvalue weighted by Crippen LogP contribution is -2.27. The Morgan fingerprint density at radius 3 is 2.95 bits per heavy atom. The quantitative estimate of drug-likeness (QED) is 0.920. The van der Waals surface area contributed by atoms with Gasteiger partial charge in [-0.15, -0.1) is 5.10 Å². The van der Waals surface area contributed by atoms with Crippen LogP contribution in [0.15, 0.2) is 40.7 Å². The number of rotatable bonds is 2. The summed E-state index contributed by atoms with van der Waals surface area (Å²) in [5.74, 6) is 0.866. The van der Waals surface area contributed by atoms with Crippen molar-refractivity contribution in [3.05, 3.63) is 41.0 Å². The molecule has 0 amide bonds. The van der Waals surface area contributed by atoms with E-state index in [0.717, 1.165) is 35.0 Å². The van der Waals surface area contributed by atoms with Gasteiger partial charge in [-0.25, -0.2) is 0 Å². The predicted octanol–water partition coefficient (Wildman–Crippen LogP) is 3.38. The average Bonchev–Trinajstić information content (AvgIpc) is 2.48.